The van der Waals surface area contributed by atoms with Crippen molar-refractivity contribution in [2.24, 2.45) is 0 Å². The van der Waals surface area contributed by atoms with E-state index in [-0.39, 0.29) is 5.88 Å². The predicted molar refractivity (Wildman–Crippen MR) is 124 cm³/mol. The van der Waals surface area contributed by atoms with Gasteiger partial charge in [0.05, 0.1) is 19.0 Å². The van der Waals surface area contributed by atoms with Crippen molar-refractivity contribution in [2.75, 3.05) is 56.3 Å². The molecule has 2 aromatic carbocycles. The van der Waals surface area contributed by atoms with E-state index in [0.29, 0.717) is 28.2 Å². The first-order chi connectivity index (χ1) is 15.0. The lowest BCUT2D eigenvalue weighted by atomic mass is 10.2. The number of rotatable bonds is 6. The monoisotopic (exact) mass is 440 g/mol. The third-order valence-corrected chi connectivity index (χ3v) is 5.37. The van der Waals surface area contributed by atoms with Gasteiger partial charge in [0.15, 0.2) is 0 Å². The highest BCUT2D eigenvalue weighted by Crippen LogP contribution is 2.33. The van der Waals surface area contributed by atoms with E-state index in [2.05, 4.69) is 38.2 Å². The molecule has 0 radical (unpaired) electrons. The highest BCUT2D eigenvalue weighted by atomic mass is 35.5. The van der Waals surface area contributed by atoms with Crippen molar-refractivity contribution < 1.29 is 9.47 Å². The minimum absolute atomic E-state index is 0.247. The molecule has 2 heterocycles. The van der Waals surface area contributed by atoms with Gasteiger partial charge in [-0.25, -0.2) is 4.98 Å². The molecule has 4 rings (SSSR count). The van der Waals surface area contributed by atoms with Crippen molar-refractivity contribution in [3.63, 3.8) is 0 Å². The second-order valence-corrected chi connectivity index (χ2v) is 7.72. The molecule has 1 aliphatic rings. The van der Waals surface area contributed by atoms with Crippen LogP contribution in [0.25, 0.3) is 0 Å². The molecule has 0 bridgehead atoms. The fourth-order valence-electron chi connectivity index (χ4n) is 3.30. The second-order valence-electron chi connectivity index (χ2n) is 7.32. The van der Waals surface area contributed by atoms with Gasteiger partial charge in [-0.15, -0.1) is 0 Å². The number of benzene rings is 2. The molecule has 3 N–H and O–H groups in total. The summed E-state index contributed by atoms with van der Waals surface area (Å²) in [7, 11) is 3.79. The zero-order valence-corrected chi connectivity index (χ0v) is 18.3. The third kappa shape index (κ3) is 5.10. The average molecular weight is 441 g/mol. The molecule has 0 spiro atoms. The lowest BCUT2D eigenvalue weighted by Crippen LogP contribution is -2.44. The molecule has 8 nitrogen and oxygen atoms in total. The SMILES string of the molecule is COc1cc(N2CCN(C)CC2)ccc1Nc1ncc(Cl)c(Oc2ccc(N)cc2)n1. The van der Waals surface area contributed by atoms with E-state index in [1.165, 1.54) is 6.20 Å². The Labute approximate surface area is 186 Å². The van der Waals surface area contributed by atoms with Gasteiger partial charge in [0.25, 0.3) is 0 Å². The maximum Gasteiger partial charge on any atom is 0.243 e. The van der Waals surface area contributed by atoms with E-state index < -0.39 is 0 Å². The Morgan fingerprint density at radius 2 is 1.81 bits per heavy atom. The summed E-state index contributed by atoms with van der Waals surface area (Å²) in [6, 6.07) is 13.0. The molecule has 31 heavy (non-hydrogen) atoms. The van der Waals surface area contributed by atoms with Crippen LogP contribution in [0.3, 0.4) is 0 Å². The van der Waals surface area contributed by atoms with Gasteiger partial charge in [0.1, 0.15) is 16.5 Å². The number of likely N-dealkylation sites (N-methyl/N-ethyl adjacent to an activating group) is 1. The Morgan fingerprint density at radius 1 is 1.06 bits per heavy atom. The second kappa shape index (κ2) is 9.28. The Hall–Kier alpha value is -3.23. The van der Waals surface area contributed by atoms with Crippen LogP contribution < -0.4 is 25.4 Å². The summed E-state index contributed by atoms with van der Waals surface area (Å²) in [5, 5.41) is 3.50. The highest BCUT2D eigenvalue weighted by molar-refractivity contribution is 6.31. The number of anilines is 4. The summed E-state index contributed by atoms with van der Waals surface area (Å²) in [4.78, 5) is 13.3. The number of piperazine rings is 1. The molecule has 1 aliphatic heterocycles. The molecule has 1 fully saturated rings. The van der Waals surface area contributed by atoms with Gasteiger partial charge in [-0.05, 0) is 43.4 Å². The highest BCUT2D eigenvalue weighted by Gasteiger charge is 2.17. The maximum absolute atomic E-state index is 6.22. The number of nitrogens with two attached hydrogens (primary N) is 1. The summed E-state index contributed by atoms with van der Waals surface area (Å²) in [6.45, 7) is 4.05. The number of hydrogen-bond donors (Lipinski definition) is 2. The summed E-state index contributed by atoms with van der Waals surface area (Å²) >= 11 is 6.22. The Morgan fingerprint density at radius 3 is 2.52 bits per heavy atom. The van der Waals surface area contributed by atoms with Gasteiger partial charge in [-0.1, -0.05) is 11.6 Å². The molecule has 1 saturated heterocycles. The molecule has 3 aromatic rings. The summed E-state index contributed by atoms with van der Waals surface area (Å²) < 4.78 is 11.4. The molecule has 0 aliphatic carbocycles. The van der Waals surface area contributed by atoms with E-state index in [4.69, 9.17) is 26.8 Å². The number of ether oxygens (including phenoxy) is 2. The summed E-state index contributed by atoms with van der Waals surface area (Å²) in [6.07, 6.45) is 1.49. The number of halogens is 1. The number of aromatic nitrogens is 2. The Bertz CT molecular complexity index is 1040. The maximum atomic E-state index is 6.22. The number of methoxy groups -OCH3 is 1. The molecule has 9 heteroatoms. The van der Waals surface area contributed by atoms with E-state index in [9.17, 15) is 0 Å². The van der Waals surface area contributed by atoms with E-state index in [1.54, 1.807) is 31.4 Å². The zero-order valence-electron chi connectivity index (χ0n) is 17.5. The Kier molecular flexibility index (Phi) is 6.29. The molecule has 0 atom stereocenters. The predicted octanol–water partition coefficient (Wildman–Crippen LogP) is 4.01. The first-order valence-electron chi connectivity index (χ1n) is 9.96. The average Bonchev–Trinajstić information content (AvgIpc) is 2.78. The van der Waals surface area contributed by atoms with Crippen LogP contribution in [0.15, 0.2) is 48.7 Å². The Balaban J connectivity index is 1.52. The van der Waals surface area contributed by atoms with Crippen LogP contribution in [0.4, 0.5) is 23.0 Å². The van der Waals surface area contributed by atoms with Crippen molar-refractivity contribution in [3.8, 4) is 17.4 Å². The molecule has 0 amide bonds. The minimum Gasteiger partial charge on any atom is -0.494 e. The van der Waals surface area contributed by atoms with Crippen LogP contribution >= 0.6 is 11.6 Å². The van der Waals surface area contributed by atoms with Crippen molar-refractivity contribution in [3.05, 3.63) is 53.7 Å². The lowest BCUT2D eigenvalue weighted by molar-refractivity contribution is 0.312. The van der Waals surface area contributed by atoms with E-state index >= 15 is 0 Å². The van der Waals surface area contributed by atoms with Crippen molar-refractivity contribution in [2.45, 2.75) is 0 Å². The van der Waals surface area contributed by atoms with Gasteiger partial charge >= 0.3 is 0 Å². The van der Waals surface area contributed by atoms with Crippen LogP contribution in [-0.4, -0.2) is 55.2 Å². The summed E-state index contributed by atoms with van der Waals surface area (Å²) in [5.41, 5.74) is 8.24. The van der Waals surface area contributed by atoms with Gasteiger partial charge in [-0.3, -0.25) is 0 Å². The lowest BCUT2D eigenvalue weighted by Gasteiger charge is -2.34. The van der Waals surface area contributed by atoms with E-state index in [0.717, 1.165) is 37.6 Å². The first kappa shape index (κ1) is 21.0. The van der Waals surface area contributed by atoms with Crippen LogP contribution in [0, 0.1) is 0 Å². The van der Waals surface area contributed by atoms with Crippen LogP contribution in [0.5, 0.6) is 17.4 Å². The van der Waals surface area contributed by atoms with Crippen molar-refractivity contribution in [1.82, 2.24) is 14.9 Å². The minimum atomic E-state index is 0.247. The molecule has 0 saturated carbocycles. The normalized spacial score (nSPS) is 14.4. The fraction of sp³-hybridized carbons (Fsp3) is 0.273. The standard InChI is InChI=1S/C22H25ClN6O2/c1-28-9-11-29(12-10-28)16-5-8-19(20(13-16)30-2)26-22-25-14-18(23)21(27-22)31-17-6-3-15(24)4-7-17/h3-8,13-14H,9-12,24H2,1-2H3,(H,25,26,27). The number of nitrogens with zero attached hydrogens (tertiary/aromatic N) is 4. The van der Waals surface area contributed by atoms with Crippen LogP contribution in [0.2, 0.25) is 5.02 Å². The number of nitrogen functional groups attached to an aromatic ring is 1. The van der Waals surface area contributed by atoms with E-state index in [1.807, 2.05) is 12.1 Å². The first-order valence-corrected chi connectivity index (χ1v) is 10.3. The van der Waals surface area contributed by atoms with Crippen molar-refractivity contribution in [1.29, 1.82) is 0 Å². The van der Waals surface area contributed by atoms with Gasteiger partial charge in [0.2, 0.25) is 11.8 Å². The van der Waals surface area contributed by atoms with Crippen LogP contribution in [-0.2, 0) is 0 Å². The molecule has 162 valence electrons. The number of nitrogens with one attached hydrogen (secondary N) is 1. The van der Waals surface area contributed by atoms with Crippen molar-refractivity contribution >= 4 is 34.6 Å². The molecule has 0 unspecified atom stereocenters. The van der Waals surface area contributed by atoms with Gasteiger partial charge in [0, 0.05) is 43.6 Å². The summed E-state index contributed by atoms with van der Waals surface area (Å²) in [5.74, 6) is 1.88. The molecular formula is C22H25ClN6O2. The molecule has 1 aromatic heterocycles. The van der Waals surface area contributed by atoms with Gasteiger partial charge in [-0.2, -0.15) is 4.98 Å². The number of hydrogen-bond acceptors (Lipinski definition) is 8. The topological polar surface area (TPSA) is 88.8 Å². The van der Waals surface area contributed by atoms with Gasteiger partial charge < -0.3 is 30.3 Å². The quantitative estimate of drug-likeness (QED) is 0.556. The third-order valence-electron chi connectivity index (χ3n) is 5.11. The fourth-order valence-corrected chi connectivity index (χ4v) is 3.43. The zero-order chi connectivity index (χ0) is 21.8. The smallest absolute Gasteiger partial charge is 0.243 e. The largest absolute Gasteiger partial charge is 0.494 e. The van der Waals surface area contributed by atoms with Crippen LogP contribution in [0.1, 0.15) is 0 Å². The molecular weight excluding hydrogens is 416 g/mol.